The zero-order chi connectivity index (χ0) is 13.0. The topological polar surface area (TPSA) is 58.6 Å². The van der Waals surface area contributed by atoms with Crippen molar-refractivity contribution in [3.05, 3.63) is 29.3 Å². The van der Waals surface area contributed by atoms with Crippen LogP contribution in [0, 0.1) is 6.92 Å². The number of aromatic carboxylic acids is 1. The number of carboxylic acids is 1. The van der Waals surface area contributed by atoms with E-state index in [0.29, 0.717) is 0 Å². The lowest BCUT2D eigenvalue weighted by Crippen LogP contribution is -2.30. The number of nitrogens with one attached hydrogen (secondary N) is 1. The number of hydrogen-bond donors (Lipinski definition) is 2. The summed E-state index contributed by atoms with van der Waals surface area (Å²) in [5, 5.41) is 12.2. The highest BCUT2D eigenvalue weighted by molar-refractivity contribution is 5.89. The normalized spacial score (nSPS) is 14.1. The van der Waals surface area contributed by atoms with Crippen molar-refractivity contribution in [3.63, 3.8) is 0 Å². The number of methoxy groups -OCH3 is 1. The van der Waals surface area contributed by atoms with E-state index in [9.17, 15) is 4.79 Å². The van der Waals surface area contributed by atoms with Crippen molar-refractivity contribution in [1.29, 1.82) is 0 Å². The molecule has 0 aliphatic rings. The Kier molecular flexibility index (Phi) is 4.52. The van der Waals surface area contributed by atoms with Gasteiger partial charge in [-0.25, -0.2) is 4.79 Å². The minimum Gasteiger partial charge on any atom is -0.478 e. The largest absolute Gasteiger partial charge is 0.478 e. The van der Waals surface area contributed by atoms with Crippen LogP contribution >= 0.6 is 0 Å². The molecule has 17 heavy (non-hydrogen) atoms. The summed E-state index contributed by atoms with van der Waals surface area (Å²) in [7, 11) is 1.66. The first-order chi connectivity index (χ1) is 7.95. The van der Waals surface area contributed by atoms with Crippen LogP contribution in [0.1, 0.15) is 29.8 Å². The number of carboxylic acid groups (broad SMARTS) is 1. The Bertz CT molecular complexity index is 404. The fourth-order valence-corrected chi connectivity index (χ4v) is 1.48. The number of hydrogen-bond acceptors (Lipinski definition) is 3. The van der Waals surface area contributed by atoms with Gasteiger partial charge in [-0.3, -0.25) is 0 Å². The van der Waals surface area contributed by atoms with Crippen molar-refractivity contribution in [1.82, 2.24) is 0 Å². The Morgan fingerprint density at radius 2 is 2.06 bits per heavy atom. The van der Waals surface area contributed by atoms with Gasteiger partial charge in [0.15, 0.2) is 0 Å². The third-order valence-corrected chi connectivity index (χ3v) is 2.94. The molecule has 1 rings (SSSR count). The molecule has 0 fully saturated rings. The van der Waals surface area contributed by atoms with Crippen molar-refractivity contribution in [2.24, 2.45) is 0 Å². The van der Waals surface area contributed by atoms with Gasteiger partial charge in [-0.15, -0.1) is 0 Å². The van der Waals surface area contributed by atoms with Crippen molar-refractivity contribution in [3.8, 4) is 0 Å². The van der Waals surface area contributed by atoms with Gasteiger partial charge in [-0.1, -0.05) is 6.07 Å². The molecule has 0 heterocycles. The molecule has 0 saturated heterocycles. The Morgan fingerprint density at radius 3 is 2.59 bits per heavy atom. The maximum absolute atomic E-state index is 10.9. The van der Waals surface area contributed by atoms with Crippen LogP contribution in [0.4, 0.5) is 5.69 Å². The molecule has 2 unspecified atom stereocenters. The Balaban J connectivity index is 2.89. The van der Waals surface area contributed by atoms with E-state index in [4.69, 9.17) is 9.84 Å². The second-order valence-corrected chi connectivity index (χ2v) is 4.21. The van der Waals surface area contributed by atoms with E-state index < -0.39 is 5.97 Å². The molecule has 0 spiro atoms. The minimum absolute atomic E-state index is 0.0582. The maximum Gasteiger partial charge on any atom is 0.335 e. The molecule has 2 N–H and O–H groups in total. The number of ether oxygens (including phenoxy) is 1. The summed E-state index contributed by atoms with van der Waals surface area (Å²) < 4.78 is 5.22. The van der Waals surface area contributed by atoms with E-state index in [1.165, 1.54) is 0 Å². The highest BCUT2D eigenvalue weighted by atomic mass is 16.5. The summed E-state index contributed by atoms with van der Waals surface area (Å²) in [6.45, 7) is 5.91. The molecule has 94 valence electrons. The quantitative estimate of drug-likeness (QED) is 0.826. The molecule has 0 aromatic heterocycles. The zero-order valence-electron chi connectivity index (χ0n) is 10.7. The van der Waals surface area contributed by atoms with Crippen LogP contribution in [0.2, 0.25) is 0 Å². The third-order valence-electron chi connectivity index (χ3n) is 2.94. The molecule has 2 atom stereocenters. The van der Waals surface area contributed by atoms with Gasteiger partial charge >= 0.3 is 5.97 Å². The standard InChI is InChI=1S/C13H19NO3/c1-8-5-6-11(13(15)16)7-12(8)14-9(2)10(3)17-4/h5-7,9-10,14H,1-4H3,(H,15,16). The molecule has 0 saturated carbocycles. The van der Waals surface area contributed by atoms with Gasteiger partial charge in [0.1, 0.15) is 0 Å². The van der Waals surface area contributed by atoms with Crippen LogP contribution < -0.4 is 5.32 Å². The van der Waals surface area contributed by atoms with E-state index in [1.807, 2.05) is 20.8 Å². The van der Waals surface area contributed by atoms with E-state index >= 15 is 0 Å². The SMILES string of the molecule is COC(C)C(C)Nc1cc(C(=O)O)ccc1C. The number of benzene rings is 1. The summed E-state index contributed by atoms with van der Waals surface area (Å²) in [6.07, 6.45) is 0.0582. The van der Waals surface area contributed by atoms with Crippen molar-refractivity contribution in [2.45, 2.75) is 32.9 Å². The van der Waals surface area contributed by atoms with Gasteiger partial charge in [-0.05, 0) is 38.5 Å². The predicted octanol–water partition coefficient (Wildman–Crippen LogP) is 2.53. The first kappa shape index (κ1) is 13.5. The predicted molar refractivity (Wildman–Crippen MR) is 67.7 cm³/mol. The van der Waals surface area contributed by atoms with Gasteiger partial charge in [0.25, 0.3) is 0 Å². The van der Waals surface area contributed by atoms with Crippen molar-refractivity contribution >= 4 is 11.7 Å². The summed E-state index contributed by atoms with van der Waals surface area (Å²) in [6, 6.07) is 5.17. The van der Waals surface area contributed by atoms with Crippen LogP contribution in [-0.4, -0.2) is 30.3 Å². The summed E-state index contributed by atoms with van der Waals surface area (Å²) >= 11 is 0. The lowest BCUT2D eigenvalue weighted by molar-refractivity contribution is 0.0697. The number of anilines is 1. The molecular weight excluding hydrogens is 218 g/mol. The van der Waals surface area contributed by atoms with Gasteiger partial charge in [0, 0.05) is 18.8 Å². The van der Waals surface area contributed by atoms with Crippen LogP contribution in [0.15, 0.2) is 18.2 Å². The highest BCUT2D eigenvalue weighted by Gasteiger charge is 2.13. The maximum atomic E-state index is 10.9. The number of aryl methyl sites for hydroxylation is 1. The van der Waals surface area contributed by atoms with Crippen LogP contribution in [0.5, 0.6) is 0 Å². The van der Waals surface area contributed by atoms with Crippen LogP contribution in [-0.2, 0) is 4.74 Å². The van der Waals surface area contributed by atoms with E-state index in [-0.39, 0.29) is 17.7 Å². The van der Waals surface area contributed by atoms with Gasteiger partial charge in [0.2, 0.25) is 0 Å². The van der Waals surface area contributed by atoms with E-state index in [2.05, 4.69) is 5.32 Å². The van der Waals surface area contributed by atoms with Gasteiger partial charge in [0.05, 0.1) is 11.7 Å². The van der Waals surface area contributed by atoms with Crippen LogP contribution in [0.25, 0.3) is 0 Å². The third kappa shape index (κ3) is 3.46. The smallest absolute Gasteiger partial charge is 0.335 e. The summed E-state index contributed by atoms with van der Waals surface area (Å²) in [4.78, 5) is 10.9. The lowest BCUT2D eigenvalue weighted by Gasteiger charge is -2.22. The highest BCUT2D eigenvalue weighted by Crippen LogP contribution is 2.19. The molecule has 0 radical (unpaired) electrons. The van der Waals surface area contributed by atoms with Gasteiger partial charge in [-0.2, -0.15) is 0 Å². The molecule has 0 amide bonds. The Morgan fingerprint density at radius 1 is 1.41 bits per heavy atom. The van der Waals surface area contributed by atoms with E-state index in [1.54, 1.807) is 25.3 Å². The molecule has 4 nitrogen and oxygen atoms in total. The Labute approximate surface area is 102 Å². The zero-order valence-corrected chi connectivity index (χ0v) is 10.7. The fraction of sp³-hybridized carbons (Fsp3) is 0.462. The number of carbonyl (C=O) groups is 1. The van der Waals surface area contributed by atoms with Crippen molar-refractivity contribution in [2.75, 3.05) is 12.4 Å². The molecule has 0 bridgehead atoms. The molecule has 0 aliphatic carbocycles. The van der Waals surface area contributed by atoms with Crippen LogP contribution in [0.3, 0.4) is 0 Å². The number of rotatable bonds is 5. The minimum atomic E-state index is -0.916. The average molecular weight is 237 g/mol. The Hall–Kier alpha value is -1.55. The summed E-state index contributed by atoms with van der Waals surface area (Å²) in [5.74, 6) is -0.916. The van der Waals surface area contributed by atoms with Crippen molar-refractivity contribution < 1.29 is 14.6 Å². The average Bonchev–Trinajstić information content (AvgIpc) is 2.30. The molecule has 0 aliphatic heterocycles. The molecule has 4 heteroatoms. The first-order valence-corrected chi connectivity index (χ1v) is 5.59. The molecule has 1 aromatic rings. The monoisotopic (exact) mass is 237 g/mol. The lowest BCUT2D eigenvalue weighted by atomic mass is 10.1. The second kappa shape index (κ2) is 5.68. The molecule has 1 aromatic carbocycles. The van der Waals surface area contributed by atoms with E-state index in [0.717, 1.165) is 11.3 Å². The first-order valence-electron chi connectivity index (χ1n) is 5.59. The molecular formula is C13H19NO3. The van der Waals surface area contributed by atoms with Gasteiger partial charge < -0.3 is 15.2 Å². The fourth-order valence-electron chi connectivity index (χ4n) is 1.48. The summed E-state index contributed by atoms with van der Waals surface area (Å²) in [5.41, 5.74) is 2.14. The second-order valence-electron chi connectivity index (χ2n) is 4.21.